The molecule has 6 nitrogen and oxygen atoms in total. The van der Waals surface area contributed by atoms with Crippen molar-refractivity contribution in [3.05, 3.63) is 72.2 Å². The highest BCUT2D eigenvalue weighted by atomic mass is 16.5. The number of aromatic nitrogens is 4. The Labute approximate surface area is 175 Å². The molecule has 0 amide bonds. The molecule has 0 radical (unpaired) electrons. The molecule has 1 saturated carbocycles. The molecule has 152 valence electrons. The van der Waals surface area contributed by atoms with Gasteiger partial charge in [-0.2, -0.15) is 5.10 Å². The van der Waals surface area contributed by atoms with Gasteiger partial charge in [0.15, 0.2) is 0 Å². The molecule has 0 aliphatic heterocycles. The predicted octanol–water partition coefficient (Wildman–Crippen LogP) is 5.64. The second kappa shape index (κ2) is 7.78. The first-order valence-electron chi connectivity index (χ1n) is 10.4. The number of rotatable bonds is 7. The standard InChI is InChI=1S/C24H24N4O2/c1-16(2)28-14-12-20(26-28)22-21(23(30-27-22)18-10-11-18)19-9-6-13-25-24(19)29-15-17-7-4-3-5-8-17/h3-9,12-14,16,18H,10-11,15H2,1-2H3. The molecule has 6 heteroatoms. The maximum atomic E-state index is 6.13. The van der Waals surface area contributed by atoms with Crippen LogP contribution >= 0.6 is 0 Å². The maximum Gasteiger partial charge on any atom is 0.221 e. The van der Waals surface area contributed by atoms with Crippen LogP contribution in [0.2, 0.25) is 0 Å². The van der Waals surface area contributed by atoms with Gasteiger partial charge in [0.2, 0.25) is 5.88 Å². The first-order chi connectivity index (χ1) is 14.7. The lowest BCUT2D eigenvalue weighted by Crippen LogP contribution is -2.01. The summed E-state index contributed by atoms with van der Waals surface area (Å²) in [6.45, 7) is 4.66. The number of pyridine rings is 1. The van der Waals surface area contributed by atoms with Gasteiger partial charge >= 0.3 is 0 Å². The fourth-order valence-corrected chi connectivity index (χ4v) is 3.54. The van der Waals surface area contributed by atoms with Gasteiger partial charge in [0.25, 0.3) is 0 Å². The smallest absolute Gasteiger partial charge is 0.221 e. The summed E-state index contributed by atoms with van der Waals surface area (Å²) in [6, 6.07) is 16.3. The molecule has 0 N–H and O–H groups in total. The third kappa shape index (κ3) is 3.61. The van der Waals surface area contributed by atoms with Gasteiger partial charge in [-0.25, -0.2) is 4.98 Å². The van der Waals surface area contributed by atoms with E-state index in [2.05, 4.69) is 24.0 Å². The summed E-state index contributed by atoms with van der Waals surface area (Å²) < 4.78 is 13.9. The Kier molecular flexibility index (Phi) is 4.83. The van der Waals surface area contributed by atoms with Crippen LogP contribution in [-0.2, 0) is 6.61 Å². The van der Waals surface area contributed by atoms with E-state index in [1.807, 2.05) is 59.4 Å². The molecule has 1 fully saturated rings. The van der Waals surface area contributed by atoms with Gasteiger partial charge in [0.1, 0.15) is 23.8 Å². The van der Waals surface area contributed by atoms with E-state index >= 15 is 0 Å². The minimum atomic E-state index is 0.278. The quantitative estimate of drug-likeness (QED) is 0.402. The Balaban J connectivity index is 1.55. The summed E-state index contributed by atoms with van der Waals surface area (Å²) in [7, 11) is 0. The van der Waals surface area contributed by atoms with Crippen LogP contribution in [0.25, 0.3) is 22.5 Å². The number of benzene rings is 1. The van der Waals surface area contributed by atoms with Gasteiger partial charge in [-0.3, -0.25) is 4.68 Å². The molecule has 1 aliphatic rings. The van der Waals surface area contributed by atoms with E-state index in [0.29, 0.717) is 18.4 Å². The topological polar surface area (TPSA) is 66.0 Å². The molecule has 4 aromatic rings. The number of ether oxygens (including phenoxy) is 1. The van der Waals surface area contributed by atoms with Gasteiger partial charge in [-0.15, -0.1) is 0 Å². The van der Waals surface area contributed by atoms with Crippen molar-refractivity contribution in [2.24, 2.45) is 0 Å². The van der Waals surface area contributed by atoms with Gasteiger partial charge in [0.05, 0.1) is 5.56 Å². The fourth-order valence-electron chi connectivity index (χ4n) is 3.54. The zero-order valence-electron chi connectivity index (χ0n) is 17.2. The molecule has 1 aromatic carbocycles. The highest BCUT2D eigenvalue weighted by molar-refractivity contribution is 5.83. The summed E-state index contributed by atoms with van der Waals surface area (Å²) >= 11 is 0. The summed E-state index contributed by atoms with van der Waals surface area (Å²) in [4.78, 5) is 4.52. The molecule has 1 aliphatic carbocycles. The van der Waals surface area contributed by atoms with Gasteiger partial charge in [0, 0.05) is 29.9 Å². The van der Waals surface area contributed by atoms with E-state index < -0.39 is 0 Å². The van der Waals surface area contributed by atoms with Crippen molar-refractivity contribution in [2.45, 2.75) is 45.3 Å². The Morgan fingerprint density at radius 1 is 1.10 bits per heavy atom. The van der Waals surface area contributed by atoms with Crippen LogP contribution in [0.15, 0.2) is 65.4 Å². The van der Waals surface area contributed by atoms with E-state index in [1.54, 1.807) is 6.20 Å². The first kappa shape index (κ1) is 18.6. The van der Waals surface area contributed by atoms with Crippen LogP contribution in [0.3, 0.4) is 0 Å². The zero-order valence-corrected chi connectivity index (χ0v) is 17.2. The SMILES string of the molecule is CC(C)n1ccc(-c2noc(C3CC3)c2-c2cccnc2OCc2ccccc2)n1. The third-order valence-electron chi connectivity index (χ3n) is 5.31. The van der Waals surface area contributed by atoms with Crippen LogP contribution in [-0.4, -0.2) is 19.9 Å². The zero-order chi connectivity index (χ0) is 20.5. The average molecular weight is 400 g/mol. The lowest BCUT2D eigenvalue weighted by Gasteiger charge is -2.11. The number of hydrogen-bond acceptors (Lipinski definition) is 5. The maximum absolute atomic E-state index is 6.13. The van der Waals surface area contributed by atoms with Gasteiger partial charge in [-0.05, 0) is 50.5 Å². The fraction of sp³-hybridized carbons (Fsp3) is 0.292. The predicted molar refractivity (Wildman–Crippen MR) is 114 cm³/mol. The van der Waals surface area contributed by atoms with Crippen molar-refractivity contribution in [1.82, 2.24) is 19.9 Å². The highest BCUT2D eigenvalue weighted by Crippen LogP contribution is 2.48. The van der Waals surface area contributed by atoms with Crippen molar-refractivity contribution < 1.29 is 9.26 Å². The van der Waals surface area contributed by atoms with Crippen molar-refractivity contribution in [2.75, 3.05) is 0 Å². The normalized spacial score (nSPS) is 13.7. The molecule has 3 aromatic heterocycles. The summed E-state index contributed by atoms with van der Waals surface area (Å²) in [5, 5.41) is 9.14. The van der Waals surface area contributed by atoms with E-state index in [-0.39, 0.29) is 6.04 Å². The van der Waals surface area contributed by atoms with Crippen LogP contribution in [0, 0.1) is 0 Å². The van der Waals surface area contributed by atoms with Gasteiger partial charge in [-0.1, -0.05) is 35.5 Å². The Bertz CT molecular complexity index is 1140. The van der Waals surface area contributed by atoms with Crippen molar-refractivity contribution in [3.63, 3.8) is 0 Å². The van der Waals surface area contributed by atoms with E-state index in [4.69, 9.17) is 14.4 Å². The molecule has 30 heavy (non-hydrogen) atoms. The molecule has 0 spiro atoms. The summed E-state index contributed by atoms with van der Waals surface area (Å²) in [5.74, 6) is 1.88. The lowest BCUT2D eigenvalue weighted by molar-refractivity contribution is 0.295. The summed E-state index contributed by atoms with van der Waals surface area (Å²) in [6.07, 6.45) is 5.96. The minimum absolute atomic E-state index is 0.278. The largest absolute Gasteiger partial charge is 0.472 e. The summed E-state index contributed by atoms with van der Waals surface area (Å²) in [5.41, 5.74) is 4.48. The second-order valence-electron chi connectivity index (χ2n) is 7.95. The molecule has 0 saturated heterocycles. The highest BCUT2D eigenvalue weighted by Gasteiger charge is 2.35. The number of hydrogen-bond donors (Lipinski definition) is 0. The van der Waals surface area contributed by atoms with Crippen LogP contribution in [0.1, 0.15) is 50.0 Å². The Morgan fingerprint density at radius 2 is 1.93 bits per heavy atom. The average Bonchev–Trinajstić information content (AvgIpc) is 3.33. The second-order valence-corrected chi connectivity index (χ2v) is 7.95. The van der Waals surface area contributed by atoms with E-state index in [9.17, 15) is 0 Å². The molecule has 3 heterocycles. The van der Waals surface area contributed by atoms with E-state index in [0.717, 1.165) is 46.7 Å². The molecule has 0 bridgehead atoms. The minimum Gasteiger partial charge on any atom is -0.472 e. The van der Waals surface area contributed by atoms with Crippen molar-refractivity contribution in [1.29, 1.82) is 0 Å². The monoisotopic (exact) mass is 400 g/mol. The van der Waals surface area contributed by atoms with Crippen molar-refractivity contribution in [3.8, 4) is 28.4 Å². The van der Waals surface area contributed by atoms with Gasteiger partial charge < -0.3 is 9.26 Å². The van der Waals surface area contributed by atoms with Crippen molar-refractivity contribution >= 4 is 0 Å². The molecule has 0 unspecified atom stereocenters. The Morgan fingerprint density at radius 3 is 2.67 bits per heavy atom. The first-order valence-corrected chi connectivity index (χ1v) is 10.4. The van der Waals surface area contributed by atoms with Crippen LogP contribution < -0.4 is 4.74 Å². The number of nitrogens with zero attached hydrogens (tertiary/aromatic N) is 4. The van der Waals surface area contributed by atoms with Crippen LogP contribution in [0.5, 0.6) is 5.88 Å². The van der Waals surface area contributed by atoms with E-state index in [1.165, 1.54) is 0 Å². The lowest BCUT2D eigenvalue weighted by atomic mass is 10.0. The van der Waals surface area contributed by atoms with Crippen LogP contribution in [0.4, 0.5) is 0 Å². The third-order valence-corrected chi connectivity index (χ3v) is 5.31. The molecular weight excluding hydrogens is 376 g/mol. The Hall–Kier alpha value is -3.41. The molecule has 5 rings (SSSR count). The molecular formula is C24H24N4O2. The molecule has 0 atom stereocenters.